The van der Waals surface area contributed by atoms with Crippen molar-refractivity contribution < 1.29 is 50.5 Å². The Hall–Kier alpha value is -1.85. The molecule has 0 radical (unpaired) electrons. The first-order valence-electron chi connectivity index (χ1n) is 8.90. The van der Waals surface area contributed by atoms with Crippen molar-refractivity contribution in [2.75, 3.05) is 11.1 Å². The molecule has 0 bridgehead atoms. The minimum absolute atomic E-state index is 0. The van der Waals surface area contributed by atoms with E-state index in [1.54, 1.807) is 0 Å². The fraction of sp³-hybridized carbons (Fsp3) is 0.263. The number of nitrogens with zero attached hydrogens (tertiary/aromatic N) is 2. The molecule has 1 aromatic heterocycles. The van der Waals surface area contributed by atoms with Crippen molar-refractivity contribution in [3.63, 3.8) is 0 Å². The van der Waals surface area contributed by atoms with Crippen molar-refractivity contribution in [3.8, 4) is 0 Å². The predicted molar refractivity (Wildman–Crippen MR) is 113 cm³/mol. The number of aliphatic carboxylic acids is 1. The normalized spacial score (nSPS) is 22.5. The average molecular weight is 455 g/mol. The Bertz CT molecular complexity index is 961. The van der Waals surface area contributed by atoms with Crippen molar-refractivity contribution in [3.05, 3.63) is 52.7 Å². The number of amidine groups is 1. The number of aliphatic imine (C=N–C) groups is 1. The van der Waals surface area contributed by atoms with Crippen LogP contribution in [0.5, 0.6) is 0 Å². The SMILES string of the molecule is O=C(Cc1cccs1)NC1C(=O)N2C1SCC(Nc1ccccc1)=N[C@H]2C(=O)O.[H-].[Na+]. The van der Waals surface area contributed by atoms with E-state index in [9.17, 15) is 19.5 Å². The van der Waals surface area contributed by atoms with E-state index in [0.717, 1.165) is 10.6 Å². The zero-order chi connectivity index (χ0) is 20.4. The second kappa shape index (κ2) is 9.97. The third kappa shape index (κ3) is 4.89. The largest absolute Gasteiger partial charge is 1.00 e. The Labute approximate surface area is 204 Å². The molecule has 1 saturated heterocycles. The fourth-order valence-electron chi connectivity index (χ4n) is 3.19. The number of benzene rings is 1. The number of anilines is 1. The number of carboxylic acid groups (broad SMARTS) is 1. The quantitative estimate of drug-likeness (QED) is 0.384. The van der Waals surface area contributed by atoms with Crippen LogP contribution in [0.15, 0.2) is 52.8 Å². The van der Waals surface area contributed by atoms with Crippen molar-refractivity contribution in [1.29, 1.82) is 0 Å². The van der Waals surface area contributed by atoms with Gasteiger partial charge in [0, 0.05) is 10.6 Å². The summed E-state index contributed by atoms with van der Waals surface area (Å²) in [6, 6.07) is 12.3. The van der Waals surface area contributed by atoms with Gasteiger partial charge < -0.3 is 17.2 Å². The molecule has 2 aromatic rings. The maximum absolute atomic E-state index is 12.6. The van der Waals surface area contributed by atoms with Crippen LogP contribution in [0.3, 0.4) is 0 Å². The van der Waals surface area contributed by atoms with Crippen LogP contribution < -0.4 is 40.2 Å². The molecule has 2 unspecified atom stereocenters. The number of carbonyl (C=O) groups is 3. The summed E-state index contributed by atoms with van der Waals surface area (Å²) in [5.41, 5.74) is 0.785. The third-order valence-corrected chi connectivity index (χ3v) is 6.68. The molecule has 30 heavy (non-hydrogen) atoms. The Kier molecular flexibility index (Phi) is 7.59. The number of nitrogens with one attached hydrogen (secondary N) is 2. The van der Waals surface area contributed by atoms with Crippen LogP contribution in [0.1, 0.15) is 6.30 Å². The average Bonchev–Trinajstić information content (AvgIpc) is 3.14. The minimum Gasteiger partial charge on any atom is -1.00 e. The third-order valence-electron chi connectivity index (χ3n) is 4.53. The number of para-hydroxylation sites is 1. The van der Waals surface area contributed by atoms with E-state index in [-0.39, 0.29) is 43.3 Å². The number of thiophene rings is 1. The summed E-state index contributed by atoms with van der Waals surface area (Å²) in [7, 11) is 0. The van der Waals surface area contributed by atoms with E-state index < -0.39 is 29.5 Å². The van der Waals surface area contributed by atoms with Gasteiger partial charge >= 0.3 is 35.5 Å². The number of fused-ring (bicyclic) bond motifs is 1. The van der Waals surface area contributed by atoms with Crippen LogP contribution in [0.4, 0.5) is 5.69 Å². The molecule has 152 valence electrons. The second-order valence-corrected chi connectivity index (χ2v) is 8.66. The number of carboxylic acids is 1. The van der Waals surface area contributed by atoms with Gasteiger partial charge in [0.25, 0.3) is 5.91 Å². The van der Waals surface area contributed by atoms with Gasteiger partial charge in [-0.2, -0.15) is 0 Å². The Morgan fingerprint density at radius 2 is 2.00 bits per heavy atom. The standard InChI is InChI=1S/C19H18N4O4S2.Na.H/c24-14(9-12-7-4-8-28-12)22-15-17(25)23-16(19(26)27)21-13(10-29-18(15)23)20-11-5-2-1-3-6-11;;/h1-8,15-16,18H,9-10H2,(H,20,21)(H,22,24)(H,26,27);;/q;+1;-1/t15?,16-,18?;;/m1../s1. The van der Waals surface area contributed by atoms with Gasteiger partial charge in [0.1, 0.15) is 17.3 Å². The molecule has 1 aromatic carbocycles. The fourth-order valence-corrected chi connectivity index (χ4v) is 5.13. The van der Waals surface area contributed by atoms with Gasteiger partial charge in [0.15, 0.2) is 0 Å². The molecular formula is C19H19N4NaO4S2. The van der Waals surface area contributed by atoms with E-state index in [1.165, 1.54) is 28.0 Å². The summed E-state index contributed by atoms with van der Waals surface area (Å²) < 4.78 is 0. The molecule has 3 heterocycles. The summed E-state index contributed by atoms with van der Waals surface area (Å²) in [5.74, 6) is -1.03. The topological polar surface area (TPSA) is 111 Å². The van der Waals surface area contributed by atoms with Crippen LogP contribution >= 0.6 is 23.1 Å². The van der Waals surface area contributed by atoms with E-state index >= 15 is 0 Å². The summed E-state index contributed by atoms with van der Waals surface area (Å²) >= 11 is 2.85. The molecule has 0 saturated carbocycles. The molecule has 3 atom stereocenters. The van der Waals surface area contributed by atoms with Gasteiger partial charge in [-0.1, -0.05) is 24.3 Å². The molecule has 8 nitrogen and oxygen atoms in total. The zero-order valence-electron chi connectivity index (χ0n) is 17.1. The van der Waals surface area contributed by atoms with Gasteiger partial charge in [-0.25, -0.2) is 9.79 Å². The number of hydrogen-bond acceptors (Lipinski definition) is 7. The first kappa shape index (κ1) is 22.8. The van der Waals surface area contributed by atoms with Gasteiger partial charge in [-0.05, 0) is 23.6 Å². The van der Waals surface area contributed by atoms with E-state index in [1.807, 2.05) is 47.8 Å². The van der Waals surface area contributed by atoms with E-state index in [2.05, 4.69) is 15.6 Å². The molecule has 11 heteroatoms. The molecule has 1 fully saturated rings. The van der Waals surface area contributed by atoms with E-state index in [4.69, 9.17) is 0 Å². The molecular weight excluding hydrogens is 435 g/mol. The first-order chi connectivity index (χ1) is 14.0. The molecule has 2 amide bonds. The van der Waals surface area contributed by atoms with Crippen LogP contribution in [0, 0.1) is 0 Å². The Morgan fingerprint density at radius 3 is 2.67 bits per heavy atom. The maximum atomic E-state index is 12.6. The summed E-state index contributed by atoms with van der Waals surface area (Å²) in [5, 5.41) is 16.9. The van der Waals surface area contributed by atoms with Crippen molar-refractivity contribution in [2.45, 2.75) is 24.0 Å². The van der Waals surface area contributed by atoms with Gasteiger partial charge in [0.2, 0.25) is 12.1 Å². The Balaban J connectivity index is 0.00000171. The zero-order valence-corrected chi connectivity index (χ0v) is 19.8. The van der Waals surface area contributed by atoms with Crippen molar-refractivity contribution >= 4 is 52.4 Å². The molecule has 0 spiro atoms. The maximum Gasteiger partial charge on any atom is 1.00 e. The minimum atomic E-state index is -1.32. The van der Waals surface area contributed by atoms with Crippen molar-refractivity contribution in [1.82, 2.24) is 10.2 Å². The van der Waals surface area contributed by atoms with Crippen molar-refractivity contribution in [2.24, 2.45) is 4.99 Å². The van der Waals surface area contributed by atoms with E-state index in [0.29, 0.717) is 11.6 Å². The number of rotatable bonds is 5. The molecule has 0 aliphatic carbocycles. The van der Waals surface area contributed by atoms with Gasteiger partial charge in [-0.15, -0.1) is 23.1 Å². The van der Waals surface area contributed by atoms with Gasteiger partial charge in [0.05, 0.1) is 12.2 Å². The number of hydrogen-bond donors (Lipinski definition) is 3. The number of β-lactam (4-membered cyclic amide) rings is 1. The second-order valence-electron chi connectivity index (χ2n) is 6.53. The summed E-state index contributed by atoms with van der Waals surface area (Å²) in [6.45, 7) is 0. The first-order valence-corrected chi connectivity index (χ1v) is 10.8. The van der Waals surface area contributed by atoms with Crippen LogP contribution in [-0.2, 0) is 20.8 Å². The van der Waals surface area contributed by atoms with Crippen LogP contribution in [0.2, 0.25) is 0 Å². The smallest absolute Gasteiger partial charge is 1.00 e. The van der Waals surface area contributed by atoms with Crippen LogP contribution in [0.25, 0.3) is 0 Å². The molecule has 2 aliphatic heterocycles. The number of carbonyl (C=O) groups excluding carboxylic acids is 2. The Morgan fingerprint density at radius 1 is 1.23 bits per heavy atom. The molecule has 2 aliphatic rings. The predicted octanol–water partition coefficient (Wildman–Crippen LogP) is -1.27. The summed E-state index contributed by atoms with van der Waals surface area (Å²) in [4.78, 5) is 43.1. The monoisotopic (exact) mass is 454 g/mol. The summed E-state index contributed by atoms with van der Waals surface area (Å²) in [6.07, 6.45) is -1.13. The molecule has 4 rings (SSSR count). The number of amides is 2. The molecule has 3 N–H and O–H groups in total. The van der Waals surface area contributed by atoms with Crippen LogP contribution in [-0.4, -0.2) is 57.0 Å². The van der Waals surface area contributed by atoms with Gasteiger partial charge in [-0.3, -0.25) is 14.5 Å². The number of thioether (sulfide) groups is 1.